The summed E-state index contributed by atoms with van der Waals surface area (Å²) in [4.78, 5) is 0. The van der Waals surface area contributed by atoms with Crippen LogP contribution in [-0.4, -0.2) is 0 Å². The van der Waals surface area contributed by atoms with Crippen LogP contribution in [0.1, 0.15) is 0 Å². The molecule has 0 aliphatic rings. The van der Waals surface area contributed by atoms with Gasteiger partial charge in [0.05, 0.1) is 0 Å². The quantitative estimate of drug-likeness (QED) is 0.452. The van der Waals surface area contributed by atoms with Crippen molar-refractivity contribution >= 4 is 0 Å². The first kappa shape index (κ1) is 13.3. The monoisotopic (exact) mass is 278 g/mol. The molecule has 0 aromatic heterocycles. The number of halogens is 6. The maximum Gasteiger partial charge on any atom is 0.207 e. The van der Waals surface area contributed by atoms with E-state index in [9.17, 15) is 26.3 Å². The molecule has 0 spiro atoms. The summed E-state index contributed by atoms with van der Waals surface area (Å²) in [5, 5.41) is 0. The highest BCUT2D eigenvalue weighted by Gasteiger charge is 2.27. The van der Waals surface area contributed by atoms with Crippen LogP contribution in [0.15, 0.2) is 24.3 Å². The van der Waals surface area contributed by atoms with Crippen LogP contribution in [0, 0.1) is 34.9 Å². The molecule has 0 unspecified atom stereocenters. The Kier molecular flexibility index (Phi) is 3.37. The molecule has 2 aromatic carbocycles. The molecule has 0 saturated heterocycles. The first-order valence-corrected chi connectivity index (χ1v) is 4.86. The van der Waals surface area contributed by atoms with Crippen LogP contribution in [0.3, 0.4) is 0 Å². The van der Waals surface area contributed by atoms with Gasteiger partial charge in [-0.1, -0.05) is 0 Å². The number of ether oxygens (including phenoxy) is 1. The zero-order valence-electron chi connectivity index (χ0n) is 8.99. The van der Waals surface area contributed by atoms with E-state index in [2.05, 4.69) is 4.74 Å². The Labute approximate surface area is 103 Å². The third-order valence-electron chi connectivity index (χ3n) is 2.20. The molecule has 2 rings (SSSR count). The second-order valence-electron chi connectivity index (χ2n) is 3.46. The maximum absolute atomic E-state index is 13.2. The van der Waals surface area contributed by atoms with Gasteiger partial charge in [0.1, 0.15) is 11.6 Å². The third-order valence-corrected chi connectivity index (χ3v) is 2.20. The molecule has 0 bridgehead atoms. The van der Waals surface area contributed by atoms with Gasteiger partial charge >= 0.3 is 0 Å². The molecule has 0 saturated carbocycles. The van der Waals surface area contributed by atoms with Crippen LogP contribution in [0.5, 0.6) is 11.5 Å². The summed E-state index contributed by atoms with van der Waals surface area (Å²) in [6, 6.07) is 3.77. The average molecular weight is 278 g/mol. The topological polar surface area (TPSA) is 9.23 Å². The third kappa shape index (κ3) is 2.35. The van der Waals surface area contributed by atoms with Gasteiger partial charge in [-0.15, -0.1) is 0 Å². The summed E-state index contributed by atoms with van der Waals surface area (Å²) in [6.07, 6.45) is 0. The van der Waals surface area contributed by atoms with Gasteiger partial charge in [0.15, 0.2) is 0 Å². The molecule has 0 N–H and O–H groups in total. The number of hydrogen-bond donors (Lipinski definition) is 0. The minimum Gasteiger partial charge on any atom is -0.451 e. The molecule has 0 atom stereocenters. The van der Waals surface area contributed by atoms with Gasteiger partial charge < -0.3 is 4.74 Å². The molecule has 2 aromatic rings. The molecule has 1 nitrogen and oxygen atoms in total. The zero-order valence-corrected chi connectivity index (χ0v) is 8.99. The van der Waals surface area contributed by atoms with Crippen LogP contribution in [-0.2, 0) is 0 Å². The van der Waals surface area contributed by atoms with Gasteiger partial charge in [-0.3, -0.25) is 0 Å². The number of benzene rings is 2. The Morgan fingerprint density at radius 2 is 1.00 bits per heavy atom. The van der Waals surface area contributed by atoms with Crippen molar-refractivity contribution in [3.63, 3.8) is 0 Å². The van der Waals surface area contributed by atoms with Crippen molar-refractivity contribution in [3.05, 3.63) is 59.2 Å². The van der Waals surface area contributed by atoms with Gasteiger partial charge in [-0.05, 0) is 24.3 Å². The molecule has 19 heavy (non-hydrogen) atoms. The van der Waals surface area contributed by atoms with Crippen LogP contribution >= 0.6 is 0 Å². The van der Waals surface area contributed by atoms with Crippen LogP contribution in [0.25, 0.3) is 0 Å². The summed E-state index contributed by atoms with van der Waals surface area (Å²) in [6.45, 7) is 0. The SMILES string of the molecule is Fc1ccc(Oc2c(F)c(F)c(F)c(F)c2F)cc1. The summed E-state index contributed by atoms with van der Waals surface area (Å²) < 4.78 is 82.1. The second kappa shape index (κ2) is 4.83. The fourth-order valence-electron chi connectivity index (χ4n) is 1.29. The van der Waals surface area contributed by atoms with E-state index in [0.29, 0.717) is 0 Å². The zero-order chi connectivity index (χ0) is 14.2. The Balaban J connectivity index is 2.48. The van der Waals surface area contributed by atoms with E-state index in [-0.39, 0.29) is 5.75 Å². The molecule has 100 valence electrons. The first-order valence-electron chi connectivity index (χ1n) is 4.86. The summed E-state index contributed by atoms with van der Waals surface area (Å²) in [7, 11) is 0. The van der Waals surface area contributed by atoms with Crippen molar-refractivity contribution in [2.45, 2.75) is 0 Å². The van der Waals surface area contributed by atoms with Crippen molar-refractivity contribution in [1.29, 1.82) is 0 Å². The molecule has 0 aliphatic carbocycles. The van der Waals surface area contributed by atoms with E-state index in [4.69, 9.17) is 0 Å². The normalized spacial score (nSPS) is 10.6. The molecule has 0 fully saturated rings. The minimum absolute atomic E-state index is 0.274. The average Bonchev–Trinajstić information content (AvgIpc) is 2.41. The highest BCUT2D eigenvalue weighted by molar-refractivity contribution is 5.35. The second-order valence-corrected chi connectivity index (χ2v) is 3.46. The maximum atomic E-state index is 13.2. The highest BCUT2D eigenvalue weighted by Crippen LogP contribution is 2.32. The van der Waals surface area contributed by atoms with E-state index < -0.39 is 40.7 Å². The predicted octanol–water partition coefficient (Wildman–Crippen LogP) is 4.31. The smallest absolute Gasteiger partial charge is 0.207 e. The van der Waals surface area contributed by atoms with Gasteiger partial charge in [0, 0.05) is 0 Å². The van der Waals surface area contributed by atoms with Crippen molar-refractivity contribution in [2.24, 2.45) is 0 Å². The summed E-state index contributed by atoms with van der Waals surface area (Å²) in [5.41, 5.74) is 0. The van der Waals surface area contributed by atoms with E-state index in [1.807, 2.05) is 0 Å². The van der Waals surface area contributed by atoms with E-state index >= 15 is 0 Å². The van der Waals surface area contributed by atoms with Crippen molar-refractivity contribution < 1.29 is 31.1 Å². The fraction of sp³-hybridized carbons (Fsp3) is 0. The van der Waals surface area contributed by atoms with Crippen molar-refractivity contribution in [3.8, 4) is 11.5 Å². The Hall–Kier alpha value is -2.18. The lowest BCUT2D eigenvalue weighted by atomic mass is 10.2. The number of hydrogen-bond acceptors (Lipinski definition) is 1. The largest absolute Gasteiger partial charge is 0.451 e. The Morgan fingerprint density at radius 1 is 0.579 bits per heavy atom. The Bertz CT molecular complexity index is 594. The minimum atomic E-state index is -2.28. The van der Waals surface area contributed by atoms with Gasteiger partial charge in [0.25, 0.3) is 0 Å². The summed E-state index contributed by atoms with van der Waals surface area (Å²) in [5.74, 6) is -13.1. The number of rotatable bonds is 2. The molecule has 0 amide bonds. The molecular weight excluding hydrogens is 274 g/mol. The van der Waals surface area contributed by atoms with Crippen molar-refractivity contribution in [1.82, 2.24) is 0 Å². The van der Waals surface area contributed by atoms with E-state index in [0.717, 1.165) is 24.3 Å². The first-order chi connectivity index (χ1) is 8.91. The molecule has 7 heteroatoms. The van der Waals surface area contributed by atoms with Crippen LogP contribution in [0.2, 0.25) is 0 Å². The van der Waals surface area contributed by atoms with Gasteiger partial charge in [-0.2, -0.15) is 8.78 Å². The Morgan fingerprint density at radius 3 is 1.47 bits per heavy atom. The molecule has 0 heterocycles. The molecule has 0 radical (unpaired) electrons. The highest BCUT2D eigenvalue weighted by atomic mass is 19.2. The predicted molar refractivity (Wildman–Crippen MR) is 52.7 cm³/mol. The standard InChI is InChI=1S/C12H4F6O/c13-5-1-3-6(4-2-5)19-12-10(17)8(15)7(14)9(16)11(12)18/h1-4H. The lowest BCUT2D eigenvalue weighted by Crippen LogP contribution is -2.04. The van der Waals surface area contributed by atoms with Gasteiger partial charge in [0.2, 0.25) is 34.8 Å². The van der Waals surface area contributed by atoms with Crippen LogP contribution in [0.4, 0.5) is 26.3 Å². The fourth-order valence-corrected chi connectivity index (χ4v) is 1.29. The van der Waals surface area contributed by atoms with Crippen molar-refractivity contribution in [2.75, 3.05) is 0 Å². The lowest BCUT2D eigenvalue weighted by molar-refractivity contribution is 0.332. The van der Waals surface area contributed by atoms with E-state index in [1.165, 1.54) is 0 Å². The van der Waals surface area contributed by atoms with E-state index in [1.54, 1.807) is 0 Å². The lowest BCUT2D eigenvalue weighted by Gasteiger charge is -2.09. The molecular formula is C12H4F6O. The summed E-state index contributed by atoms with van der Waals surface area (Å²) >= 11 is 0. The van der Waals surface area contributed by atoms with Crippen LogP contribution < -0.4 is 4.74 Å². The van der Waals surface area contributed by atoms with Gasteiger partial charge in [-0.25, -0.2) is 17.6 Å². The molecule has 0 aliphatic heterocycles.